The van der Waals surface area contributed by atoms with Crippen molar-refractivity contribution in [1.29, 1.82) is 0 Å². The Bertz CT molecular complexity index is 655. The molecule has 0 unspecified atom stereocenters. The van der Waals surface area contributed by atoms with E-state index in [-0.39, 0.29) is 0 Å². The van der Waals surface area contributed by atoms with Crippen LogP contribution in [0.25, 0.3) is 11.4 Å². The molecule has 3 N–H and O–H groups in total. The maximum atomic E-state index is 5.90. The number of hydrogen-bond acceptors (Lipinski definition) is 5. The molecule has 3 rings (SSSR count). The zero-order valence-electron chi connectivity index (χ0n) is 10.6. The van der Waals surface area contributed by atoms with E-state index in [1.165, 1.54) is 0 Å². The first-order valence-corrected chi connectivity index (χ1v) is 6.19. The van der Waals surface area contributed by atoms with Gasteiger partial charge >= 0.3 is 0 Å². The maximum absolute atomic E-state index is 5.90. The molecular weight excluding hydrogens is 264 g/mol. The summed E-state index contributed by atoms with van der Waals surface area (Å²) in [5.74, 6) is 1.65. The Labute approximate surface area is 115 Å². The standard InChI is InChI=1S/C12H13ClN6/c1-12(2)16-10(14)15-11-18-17-9(19(11)12)7-3-5-8(13)6-4-7/h3-6H,1-2H3,(H3,14,15,16,18). The number of nitrogens with one attached hydrogen (secondary N) is 1. The van der Waals surface area contributed by atoms with Crippen LogP contribution in [0, 0.1) is 0 Å². The number of guanidine groups is 1. The van der Waals surface area contributed by atoms with Gasteiger partial charge in [0.25, 0.3) is 0 Å². The molecule has 19 heavy (non-hydrogen) atoms. The van der Waals surface area contributed by atoms with Crippen LogP contribution < -0.4 is 11.1 Å². The average Bonchev–Trinajstić information content (AvgIpc) is 2.73. The van der Waals surface area contributed by atoms with Gasteiger partial charge in [-0.15, -0.1) is 10.2 Å². The van der Waals surface area contributed by atoms with Crippen LogP contribution in [-0.2, 0) is 5.66 Å². The lowest BCUT2D eigenvalue weighted by molar-refractivity contribution is 0.377. The summed E-state index contributed by atoms with van der Waals surface area (Å²) >= 11 is 5.90. The van der Waals surface area contributed by atoms with Crippen molar-refractivity contribution in [2.24, 2.45) is 10.7 Å². The molecule has 0 atom stereocenters. The summed E-state index contributed by atoms with van der Waals surface area (Å²) in [4.78, 5) is 4.37. The minimum Gasteiger partial charge on any atom is -0.370 e. The Hall–Kier alpha value is -2.08. The third-order valence-electron chi connectivity index (χ3n) is 2.95. The van der Waals surface area contributed by atoms with Gasteiger partial charge in [0.1, 0.15) is 5.66 Å². The molecule has 1 aliphatic heterocycles. The van der Waals surface area contributed by atoms with E-state index in [0.29, 0.717) is 16.9 Å². The van der Waals surface area contributed by atoms with E-state index < -0.39 is 5.66 Å². The first kappa shape index (κ1) is 12.0. The van der Waals surface area contributed by atoms with Crippen molar-refractivity contribution in [3.05, 3.63) is 29.3 Å². The molecule has 0 saturated carbocycles. The summed E-state index contributed by atoms with van der Waals surface area (Å²) < 4.78 is 1.91. The lowest BCUT2D eigenvalue weighted by Crippen LogP contribution is -2.38. The highest BCUT2D eigenvalue weighted by atomic mass is 35.5. The van der Waals surface area contributed by atoms with E-state index in [4.69, 9.17) is 17.3 Å². The van der Waals surface area contributed by atoms with Gasteiger partial charge in [0.15, 0.2) is 11.8 Å². The number of hydrogen-bond donors (Lipinski definition) is 2. The molecule has 1 aliphatic rings. The fourth-order valence-corrected chi connectivity index (χ4v) is 2.28. The van der Waals surface area contributed by atoms with Gasteiger partial charge in [-0.3, -0.25) is 9.88 Å². The van der Waals surface area contributed by atoms with Crippen molar-refractivity contribution in [2.45, 2.75) is 19.5 Å². The number of fused-ring (bicyclic) bond motifs is 1. The van der Waals surface area contributed by atoms with Gasteiger partial charge in [-0.05, 0) is 38.1 Å². The van der Waals surface area contributed by atoms with Gasteiger partial charge in [0.2, 0.25) is 5.95 Å². The second-order valence-corrected chi connectivity index (χ2v) is 5.24. The molecule has 98 valence electrons. The molecule has 0 aliphatic carbocycles. The molecule has 1 aromatic carbocycles. The van der Waals surface area contributed by atoms with Crippen molar-refractivity contribution < 1.29 is 0 Å². The Kier molecular flexibility index (Phi) is 2.50. The molecule has 6 nitrogen and oxygen atoms in total. The topological polar surface area (TPSA) is 81.1 Å². The molecule has 7 heteroatoms. The highest BCUT2D eigenvalue weighted by Gasteiger charge is 2.31. The minimum atomic E-state index is -0.539. The number of aliphatic imine (C=N–C) groups is 1. The van der Waals surface area contributed by atoms with Gasteiger partial charge < -0.3 is 5.73 Å². The van der Waals surface area contributed by atoms with Crippen LogP contribution in [0.15, 0.2) is 29.3 Å². The van der Waals surface area contributed by atoms with E-state index in [1.54, 1.807) is 0 Å². The molecule has 0 radical (unpaired) electrons. The number of halogens is 1. The number of aromatic nitrogens is 3. The lowest BCUT2D eigenvalue weighted by Gasteiger charge is -2.29. The predicted molar refractivity (Wildman–Crippen MR) is 75.0 cm³/mol. The average molecular weight is 277 g/mol. The smallest absolute Gasteiger partial charge is 0.233 e. The Morgan fingerprint density at radius 2 is 1.89 bits per heavy atom. The van der Waals surface area contributed by atoms with E-state index in [2.05, 4.69) is 20.5 Å². The van der Waals surface area contributed by atoms with E-state index in [1.807, 2.05) is 42.7 Å². The zero-order valence-corrected chi connectivity index (χ0v) is 11.3. The van der Waals surface area contributed by atoms with Crippen LogP contribution in [0.2, 0.25) is 5.02 Å². The third-order valence-corrected chi connectivity index (χ3v) is 3.20. The molecule has 0 fully saturated rings. The van der Waals surface area contributed by atoms with Crippen molar-refractivity contribution in [1.82, 2.24) is 14.8 Å². The highest BCUT2D eigenvalue weighted by Crippen LogP contribution is 2.32. The van der Waals surface area contributed by atoms with Crippen LogP contribution in [0.3, 0.4) is 0 Å². The summed E-state index contributed by atoms with van der Waals surface area (Å²) in [5.41, 5.74) is 6.12. The number of benzene rings is 1. The predicted octanol–water partition coefficient (Wildman–Crippen LogP) is 2.03. The molecule has 1 aromatic heterocycles. The second-order valence-electron chi connectivity index (χ2n) is 4.81. The minimum absolute atomic E-state index is 0.340. The second kappa shape index (κ2) is 3.96. The van der Waals surface area contributed by atoms with E-state index in [9.17, 15) is 0 Å². The number of rotatable bonds is 1. The van der Waals surface area contributed by atoms with E-state index >= 15 is 0 Å². The molecular formula is C12H13ClN6. The molecule has 2 aromatic rings. The number of nitrogens with two attached hydrogens (primary N) is 1. The van der Waals surface area contributed by atoms with Crippen molar-refractivity contribution in [2.75, 3.05) is 5.32 Å². The third kappa shape index (κ3) is 1.94. The van der Waals surface area contributed by atoms with E-state index in [0.717, 1.165) is 11.4 Å². The van der Waals surface area contributed by atoms with Gasteiger partial charge in [0.05, 0.1) is 0 Å². The van der Waals surface area contributed by atoms with Crippen LogP contribution in [0.1, 0.15) is 13.8 Å². The van der Waals surface area contributed by atoms with Crippen LogP contribution >= 0.6 is 11.6 Å². The van der Waals surface area contributed by atoms with Crippen molar-refractivity contribution in [3.8, 4) is 11.4 Å². The SMILES string of the molecule is CC1(C)N=C(N)Nc2nnc(-c3ccc(Cl)cc3)n21. The summed E-state index contributed by atoms with van der Waals surface area (Å²) in [7, 11) is 0. The lowest BCUT2D eigenvalue weighted by atomic mass is 10.1. The normalized spacial score (nSPS) is 16.5. The Morgan fingerprint density at radius 3 is 2.58 bits per heavy atom. The summed E-state index contributed by atoms with van der Waals surface area (Å²) in [6, 6.07) is 7.44. The van der Waals surface area contributed by atoms with Crippen LogP contribution in [0.4, 0.5) is 5.95 Å². The van der Waals surface area contributed by atoms with Crippen molar-refractivity contribution in [3.63, 3.8) is 0 Å². The van der Waals surface area contributed by atoms with Gasteiger partial charge in [0, 0.05) is 10.6 Å². The zero-order chi connectivity index (χ0) is 13.6. The Morgan fingerprint density at radius 1 is 1.21 bits per heavy atom. The first-order chi connectivity index (χ1) is 8.97. The largest absolute Gasteiger partial charge is 0.370 e. The summed E-state index contributed by atoms with van der Waals surface area (Å²) in [6.07, 6.45) is 0. The number of anilines is 1. The summed E-state index contributed by atoms with van der Waals surface area (Å²) in [6.45, 7) is 3.90. The maximum Gasteiger partial charge on any atom is 0.233 e. The van der Waals surface area contributed by atoms with Crippen LogP contribution in [0.5, 0.6) is 0 Å². The molecule has 0 bridgehead atoms. The fourth-order valence-electron chi connectivity index (χ4n) is 2.16. The monoisotopic (exact) mass is 276 g/mol. The van der Waals surface area contributed by atoms with Crippen LogP contribution in [-0.4, -0.2) is 20.7 Å². The van der Waals surface area contributed by atoms with Gasteiger partial charge in [-0.1, -0.05) is 11.6 Å². The molecule has 0 spiro atoms. The summed E-state index contributed by atoms with van der Waals surface area (Å²) in [5, 5.41) is 11.9. The van der Waals surface area contributed by atoms with Crippen molar-refractivity contribution >= 4 is 23.5 Å². The molecule has 0 amide bonds. The first-order valence-electron chi connectivity index (χ1n) is 5.81. The number of nitrogens with zero attached hydrogens (tertiary/aromatic N) is 4. The fraction of sp³-hybridized carbons (Fsp3) is 0.250. The van der Waals surface area contributed by atoms with Gasteiger partial charge in [-0.2, -0.15) is 0 Å². The highest BCUT2D eigenvalue weighted by molar-refractivity contribution is 6.30. The quantitative estimate of drug-likeness (QED) is 0.835. The molecule has 2 heterocycles. The molecule has 0 saturated heterocycles. The Balaban J connectivity index is 2.16. The van der Waals surface area contributed by atoms with Gasteiger partial charge in [-0.25, -0.2) is 4.99 Å².